The highest BCUT2D eigenvalue weighted by Gasteiger charge is 2.23. The van der Waals surface area contributed by atoms with E-state index in [-0.39, 0.29) is 30.2 Å². The van der Waals surface area contributed by atoms with Gasteiger partial charge in [-0.05, 0) is 18.6 Å². The summed E-state index contributed by atoms with van der Waals surface area (Å²) in [5, 5.41) is 0. The molecule has 0 unspecified atom stereocenters. The number of carbonyl (C=O) groups excluding carboxylic acids is 1. The number of aromatic nitrogens is 1. The molecule has 0 saturated heterocycles. The summed E-state index contributed by atoms with van der Waals surface area (Å²) < 4.78 is 34.9. The van der Waals surface area contributed by atoms with Crippen LogP contribution in [0.5, 0.6) is 5.88 Å². The third-order valence-electron chi connectivity index (χ3n) is 2.20. The Morgan fingerprint density at radius 2 is 2.22 bits per heavy atom. The zero-order valence-electron chi connectivity index (χ0n) is 10.1. The van der Waals surface area contributed by atoms with Crippen molar-refractivity contribution in [3.63, 3.8) is 0 Å². The average molecular weight is 260 g/mol. The molecular weight excluding hydrogens is 246 g/mol. The largest absolute Gasteiger partial charge is 0.480 e. The summed E-state index contributed by atoms with van der Waals surface area (Å²) >= 11 is 0. The van der Waals surface area contributed by atoms with Crippen LogP contribution in [-0.4, -0.2) is 24.7 Å². The van der Waals surface area contributed by atoms with Gasteiger partial charge in [-0.2, -0.15) is 0 Å². The fourth-order valence-electron chi connectivity index (χ4n) is 1.44. The molecule has 100 valence electrons. The van der Waals surface area contributed by atoms with E-state index in [4.69, 9.17) is 15.2 Å². The molecule has 0 bridgehead atoms. The average Bonchev–Trinajstić information content (AvgIpc) is 2.36. The lowest BCUT2D eigenvalue weighted by molar-refractivity contribution is 0.0519. The number of nitrogens with two attached hydrogens (primary N) is 1. The van der Waals surface area contributed by atoms with Crippen molar-refractivity contribution < 1.29 is 23.0 Å². The highest BCUT2D eigenvalue weighted by atomic mass is 19.3. The van der Waals surface area contributed by atoms with Gasteiger partial charge in [0.1, 0.15) is 11.3 Å². The highest BCUT2D eigenvalue weighted by Crippen LogP contribution is 2.27. The number of carbonyl (C=O) groups is 1. The summed E-state index contributed by atoms with van der Waals surface area (Å²) in [7, 11) is 1.24. The molecule has 0 saturated carbocycles. The van der Waals surface area contributed by atoms with Gasteiger partial charge in [0.15, 0.2) is 0 Å². The normalized spacial score (nSPS) is 10.6. The quantitative estimate of drug-likeness (QED) is 0.815. The first-order valence-corrected chi connectivity index (χ1v) is 5.28. The van der Waals surface area contributed by atoms with Gasteiger partial charge in [0, 0.05) is 6.54 Å². The summed E-state index contributed by atoms with van der Waals surface area (Å²) in [5.41, 5.74) is 5.17. The lowest BCUT2D eigenvalue weighted by Crippen LogP contribution is -2.15. The molecule has 0 atom stereocenters. The molecule has 2 N–H and O–H groups in total. The van der Waals surface area contributed by atoms with Crippen LogP contribution < -0.4 is 10.5 Å². The number of pyridine rings is 1. The molecule has 0 amide bonds. The van der Waals surface area contributed by atoms with Gasteiger partial charge in [0.25, 0.3) is 6.43 Å². The lowest BCUT2D eigenvalue weighted by Gasteiger charge is -2.13. The van der Waals surface area contributed by atoms with Crippen molar-refractivity contribution in [3.8, 4) is 5.88 Å². The Labute approximate surface area is 103 Å². The van der Waals surface area contributed by atoms with Gasteiger partial charge in [0.05, 0.1) is 13.7 Å². The van der Waals surface area contributed by atoms with Crippen LogP contribution in [0, 0.1) is 0 Å². The van der Waals surface area contributed by atoms with Gasteiger partial charge in [-0.1, -0.05) is 0 Å². The first-order valence-electron chi connectivity index (χ1n) is 5.28. The van der Waals surface area contributed by atoms with Crippen molar-refractivity contribution in [1.29, 1.82) is 0 Å². The summed E-state index contributed by atoms with van der Waals surface area (Å²) in [6, 6.07) is 1.08. The third-order valence-corrected chi connectivity index (χ3v) is 2.20. The summed E-state index contributed by atoms with van der Waals surface area (Å²) in [5.74, 6) is -0.894. The second kappa shape index (κ2) is 6.25. The highest BCUT2D eigenvalue weighted by molar-refractivity contribution is 5.93. The Morgan fingerprint density at radius 1 is 1.56 bits per heavy atom. The Bertz CT molecular complexity index is 413. The van der Waals surface area contributed by atoms with Gasteiger partial charge in [-0.15, -0.1) is 0 Å². The van der Waals surface area contributed by atoms with Crippen molar-refractivity contribution in [2.45, 2.75) is 19.9 Å². The Hall–Kier alpha value is -1.76. The number of hydrogen-bond acceptors (Lipinski definition) is 5. The topological polar surface area (TPSA) is 74.4 Å². The lowest BCUT2D eigenvalue weighted by atomic mass is 10.1. The van der Waals surface area contributed by atoms with Crippen molar-refractivity contribution >= 4 is 5.97 Å². The van der Waals surface area contributed by atoms with E-state index in [1.165, 1.54) is 7.11 Å². The van der Waals surface area contributed by atoms with E-state index in [0.29, 0.717) is 0 Å². The van der Waals surface area contributed by atoms with Crippen LogP contribution in [0.4, 0.5) is 8.78 Å². The Balaban J connectivity index is 3.34. The van der Waals surface area contributed by atoms with Crippen molar-refractivity contribution in [2.24, 2.45) is 5.73 Å². The SMILES string of the molecule is CCOC(=O)c1c(CN)cc(C(F)F)nc1OC. The van der Waals surface area contributed by atoms with Crippen LogP contribution >= 0.6 is 0 Å². The third kappa shape index (κ3) is 2.92. The van der Waals surface area contributed by atoms with Gasteiger partial charge < -0.3 is 15.2 Å². The predicted octanol–water partition coefficient (Wildman–Crippen LogP) is 1.66. The van der Waals surface area contributed by atoms with E-state index in [1.54, 1.807) is 6.92 Å². The van der Waals surface area contributed by atoms with Gasteiger partial charge in [-0.25, -0.2) is 18.6 Å². The minimum absolute atomic E-state index is 0.00810. The van der Waals surface area contributed by atoms with Crippen molar-refractivity contribution in [3.05, 3.63) is 22.9 Å². The monoisotopic (exact) mass is 260 g/mol. The number of methoxy groups -OCH3 is 1. The van der Waals surface area contributed by atoms with E-state index >= 15 is 0 Å². The standard InChI is InChI=1S/C11H14F2N2O3/c1-3-18-11(16)8-6(5-14)4-7(9(12)13)15-10(8)17-2/h4,9H,3,5,14H2,1-2H3. The molecule has 7 heteroatoms. The molecule has 18 heavy (non-hydrogen) atoms. The number of esters is 1. The number of alkyl halides is 2. The smallest absolute Gasteiger partial charge is 0.343 e. The number of ether oxygens (including phenoxy) is 2. The van der Waals surface area contributed by atoms with Gasteiger partial charge in [0.2, 0.25) is 5.88 Å². The first kappa shape index (κ1) is 14.3. The van der Waals surface area contributed by atoms with E-state index in [1.807, 2.05) is 0 Å². The predicted molar refractivity (Wildman–Crippen MR) is 59.6 cm³/mol. The van der Waals surface area contributed by atoms with E-state index in [0.717, 1.165) is 6.07 Å². The van der Waals surface area contributed by atoms with Crippen LogP contribution in [0.15, 0.2) is 6.07 Å². The fraction of sp³-hybridized carbons (Fsp3) is 0.455. The maximum atomic E-state index is 12.6. The molecule has 0 aliphatic carbocycles. The maximum absolute atomic E-state index is 12.6. The molecule has 0 spiro atoms. The summed E-state index contributed by atoms with van der Waals surface area (Å²) in [4.78, 5) is 15.3. The molecule has 1 rings (SSSR count). The van der Waals surface area contributed by atoms with Crippen molar-refractivity contribution in [2.75, 3.05) is 13.7 Å². The minimum Gasteiger partial charge on any atom is -0.480 e. The number of halogens is 2. The van der Waals surface area contributed by atoms with Crippen LogP contribution in [0.3, 0.4) is 0 Å². The molecule has 1 heterocycles. The van der Waals surface area contributed by atoms with E-state index in [9.17, 15) is 13.6 Å². The summed E-state index contributed by atoms with van der Waals surface area (Å²) in [6.45, 7) is 1.70. The molecule has 1 aromatic rings. The second-order valence-corrected chi connectivity index (χ2v) is 3.32. The molecule has 0 fully saturated rings. The zero-order valence-corrected chi connectivity index (χ0v) is 10.1. The van der Waals surface area contributed by atoms with Gasteiger partial charge >= 0.3 is 5.97 Å². The second-order valence-electron chi connectivity index (χ2n) is 3.32. The molecule has 0 aliphatic heterocycles. The molecule has 5 nitrogen and oxygen atoms in total. The summed E-state index contributed by atoms with van der Waals surface area (Å²) in [6.07, 6.45) is -2.76. The number of nitrogens with zero attached hydrogens (tertiary/aromatic N) is 1. The number of hydrogen-bond donors (Lipinski definition) is 1. The van der Waals surface area contributed by atoms with Crippen LogP contribution in [0.2, 0.25) is 0 Å². The molecule has 0 radical (unpaired) electrons. The van der Waals surface area contributed by atoms with Gasteiger partial charge in [-0.3, -0.25) is 0 Å². The molecule has 0 aromatic carbocycles. The Morgan fingerprint density at radius 3 is 2.67 bits per heavy atom. The number of rotatable bonds is 5. The molecule has 1 aromatic heterocycles. The van der Waals surface area contributed by atoms with Crippen molar-refractivity contribution in [1.82, 2.24) is 4.98 Å². The van der Waals surface area contributed by atoms with Crippen LogP contribution in [0.25, 0.3) is 0 Å². The Kier molecular flexibility index (Phi) is 4.96. The van der Waals surface area contributed by atoms with E-state index < -0.39 is 18.1 Å². The maximum Gasteiger partial charge on any atom is 0.343 e. The first-order chi connectivity index (χ1) is 8.54. The van der Waals surface area contributed by atoms with E-state index in [2.05, 4.69) is 4.98 Å². The van der Waals surface area contributed by atoms with Crippen LogP contribution in [-0.2, 0) is 11.3 Å². The minimum atomic E-state index is -2.76. The van der Waals surface area contributed by atoms with Crippen LogP contribution in [0.1, 0.15) is 35.0 Å². The fourth-order valence-corrected chi connectivity index (χ4v) is 1.44. The molecule has 0 aliphatic rings. The molecular formula is C11H14F2N2O3. The zero-order chi connectivity index (χ0) is 13.7.